The highest BCUT2D eigenvalue weighted by atomic mass is 127. The summed E-state index contributed by atoms with van der Waals surface area (Å²) in [6, 6.07) is 5.43. The fraction of sp³-hybridized carbons (Fsp3) is 0.182. The number of aryl methyl sites for hydroxylation is 1. The molecule has 0 atom stereocenters. The molecule has 0 aliphatic carbocycles. The number of nitrogen functional groups attached to an aromatic ring is 1. The van der Waals surface area contributed by atoms with Gasteiger partial charge in [-0.25, -0.2) is 15.8 Å². The Balaban J connectivity index is 2.40. The highest BCUT2D eigenvalue weighted by molar-refractivity contribution is 14.1. The Labute approximate surface area is 117 Å². The average Bonchev–Trinajstić information content (AvgIpc) is 2.39. The molecule has 0 unspecified atom stereocenters. The smallest absolute Gasteiger partial charge is 0.267 e. The van der Waals surface area contributed by atoms with Crippen LogP contribution in [0, 0.1) is 10.5 Å². The summed E-state index contributed by atoms with van der Waals surface area (Å²) in [5.74, 6) is 6.53. The zero-order valence-corrected chi connectivity index (χ0v) is 11.9. The van der Waals surface area contributed by atoms with E-state index in [4.69, 9.17) is 5.84 Å². The van der Waals surface area contributed by atoms with Crippen molar-refractivity contribution in [3.8, 4) is 0 Å². The molecule has 0 fully saturated rings. The van der Waals surface area contributed by atoms with Gasteiger partial charge in [0.2, 0.25) is 0 Å². The summed E-state index contributed by atoms with van der Waals surface area (Å²) in [4.78, 5) is 20.4. The van der Waals surface area contributed by atoms with E-state index in [0.717, 1.165) is 5.69 Å². The largest absolute Gasteiger partial charge is 0.308 e. The summed E-state index contributed by atoms with van der Waals surface area (Å²) in [5, 5.41) is 0. The molecule has 0 saturated carbocycles. The quantitative estimate of drug-likeness (QED) is 0.484. The first-order chi connectivity index (χ1) is 8.61. The average molecular weight is 357 g/mol. The Kier molecular flexibility index (Phi) is 3.92. The number of halogens is 1. The lowest BCUT2D eigenvalue weighted by Crippen LogP contribution is -2.26. The molecule has 0 aliphatic heterocycles. The lowest BCUT2D eigenvalue weighted by Gasteiger charge is -2.09. The molecule has 2 aromatic heterocycles. The maximum Gasteiger partial charge on any atom is 0.267 e. The molecule has 2 heterocycles. The summed E-state index contributed by atoms with van der Waals surface area (Å²) in [6.07, 6.45) is 1.57. The summed E-state index contributed by atoms with van der Waals surface area (Å²) >= 11 is 1.97. The van der Waals surface area contributed by atoms with Crippen LogP contribution in [0.1, 0.15) is 11.5 Å². The van der Waals surface area contributed by atoms with Crippen molar-refractivity contribution in [1.29, 1.82) is 0 Å². The summed E-state index contributed by atoms with van der Waals surface area (Å²) in [7, 11) is 0. The van der Waals surface area contributed by atoms with Crippen LogP contribution >= 0.6 is 22.6 Å². The van der Waals surface area contributed by atoms with E-state index in [9.17, 15) is 4.79 Å². The number of hydrazine groups is 1. The molecule has 0 bridgehead atoms. The van der Waals surface area contributed by atoms with Gasteiger partial charge in [0.1, 0.15) is 11.6 Å². The molecular weight excluding hydrogens is 345 g/mol. The molecule has 6 nitrogen and oxygen atoms in total. The number of hydrogen-bond donors (Lipinski definition) is 2. The minimum atomic E-state index is -0.0592. The second kappa shape index (κ2) is 5.44. The number of hydrogen-bond acceptors (Lipinski definition) is 5. The van der Waals surface area contributed by atoms with Gasteiger partial charge in [-0.3, -0.25) is 9.36 Å². The van der Waals surface area contributed by atoms with E-state index >= 15 is 0 Å². The van der Waals surface area contributed by atoms with Gasteiger partial charge in [0, 0.05) is 6.20 Å². The van der Waals surface area contributed by atoms with Crippen LogP contribution < -0.4 is 16.8 Å². The molecule has 0 amide bonds. The van der Waals surface area contributed by atoms with Crippen molar-refractivity contribution in [1.82, 2.24) is 14.5 Å². The molecule has 3 N–H and O–H groups in total. The maximum atomic E-state index is 12.0. The van der Waals surface area contributed by atoms with Crippen LogP contribution in [-0.2, 0) is 6.54 Å². The molecule has 94 valence electrons. The number of aromatic nitrogens is 3. The molecule has 2 aromatic rings. The SMILES string of the molecule is Cc1ncc(I)c(=O)n1Cc1cccc(NN)n1. The van der Waals surface area contributed by atoms with Gasteiger partial charge in [-0.15, -0.1) is 0 Å². The van der Waals surface area contributed by atoms with Gasteiger partial charge in [-0.1, -0.05) is 6.07 Å². The number of pyridine rings is 1. The predicted octanol–water partition coefficient (Wildman–Crippen LogP) is 0.885. The van der Waals surface area contributed by atoms with Gasteiger partial charge < -0.3 is 5.43 Å². The van der Waals surface area contributed by atoms with E-state index in [1.807, 2.05) is 34.7 Å². The van der Waals surface area contributed by atoms with Crippen molar-refractivity contribution in [2.24, 2.45) is 5.84 Å². The van der Waals surface area contributed by atoms with Crippen molar-refractivity contribution in [2.75, 3.05) is 5.43 Å². The fourth-order valence-corrected chi connectivity index (χ4v) is 1.98. The Morgan fingerprint density at radius 1 is 1.50 bits per heavy atom. The monoisotopic (exact) mass is 357 g/mol. The Morgan fingerprint density at radius 2 is 2.28 bits per heavy atom. The number of nitrogens with zero attached hydrogens (tertiary/aromatic N) is 3. The normalized spacial score (nSPS) is 10.4. The first-order valence-corrected chi connectivity index (χ1v) is 6.34. The van der Waals surface area contributed by atoms with E-state index in [-0.39, 0.29) is 5.56 Å². The van der Waals surface area contributed by atoms with Crippen molar-refractivity contribution >= 4 is 28.4 Å². The van der Waals surface area contributed by atoms with E-state index in [0.29, 0.717) is 21.8 Å². The second-order valence-corrected chi connectivity index (χ2v) is 4.87. The third-order valence-electron chi connectivity index (χ3n) is 2.48. The molecule has 0 radical (unpaired) electrons. The summed E-state index contributed by atoms with van der Waals surface area (Å²) in [5.41, 5.74) is 3.17. The molecular formula is C11H12IN5O. The van der Waals surface area contributed by atoms with Gasteiger partial charge in [-0.2, -0.15) is 0 Å². The van der Waals surface area contributed by atoms with Gasteiger partial charge in [0.15, 0.2) is 0 Å². The van der Waals surface area contributed by atoms with Crippen molar-refractivity contribution in [3.63, 3.8) is 0 Å². The van der Waals surface area contributed by atoms with E-state index in [1.165, 1.54) is 0 Å². The molecule has 7 heteroatoms. The van der Waals surface area contributed by atoms with Crippen LogP contribution in [0.2, 0.25) is 0 Å². The molecule has 0 aliphatic rings. The summed E-state index contributed by atoms with van der Waals surface area (Å²) in [6.45, 7) is 2.17. The molecule has 0 aromatic carbocycles. The lowest BCUT2D eigenvalue weighted by molar-refractivity contribution is 0.682. The molecule has 0 spiro atoms. The Morgan fingerprint density at radius 3 is 3.00 bits per heavy atom. The number of nitrogens with two attached hydrogens (primary N) is 1. The van der Waals surface area contributed by atoms with Gasteiger partial charge in [0.25, 0.3) is 5.56 Å². The number of rotatable bonds is 3. The Hall–Kier alpha value is -1.48. The number of anilines is 1. The van der Waals surface area contributed by atoms with E-state index < -0.39 is 0 Å². The van der Waals surface area contributed by atoms with E-state index in [2.05, 4.69) is 15.4 Å². The molecule has 2 rings (SSSR count). The van der Waals surface area contributed by atoms with Crippen LogP contribution in [0.4, 0.5) is 5.82 Å². The van der Waals surface area contributed by atoms with Crippen LogP contribution in [0.3, 0.4) is 0 Å². The van der Waals surface area contributed by atoms with Crippen LogP contribution in [0.15, 0.2) is 29.2 Å². The first-order valence-electron chi connectivity index (χ1n) is 5.26. The minimum Gasteiger partial charge on any atom is -0.308 e. The lowest BCUT2D eigenvalue weighted by atomic mass is 10.3. The fourth-order valence-electron chi connectivity index (χ4n) is 1.55. The third-order valence-corrected chi connectivity index (χ3v) is 3.22. The van der Waals surface area contributed by atoms with Crippen LogP contribution in [0.5, 0.6) is 0 Å². The van der Waals surface area contributed by atoms with E-state index in [1.54, 1.807) is 23.8 Å². The second-order valence-electron chi connectivity index (χ2n) is 3.70. The highest BCUT2D eigenvalue weighted by Gasteiger charge is 2.07. The topological polar surface area (TPSA) is 85.8 Å². The first kappa shape index (κ1) is 13.0. The zero-order valence-electron chi connectivity index (χ0n) is 9.72. The zero-order chi connectivity index (χ0) is 13.1. The van der Waals surface area contributed by atoms with Gasteiger partial charge in [0.05, 0.1) is 15.8 Å². The van der Waals surface area contributed by atoms with Gasteiger partial charge >= 0.3 is 0 Å². The van der Waals surface area contributed by atoms with Crippen molar-refractivity contribution < 1.29 is 0 Å². The van der Waals surface area contributed by atoms with Crippen LogP contribution in [0.25, 0.3) is 0 Å². The van der Waals surface area contributed by atoms with Crippen molar-refractivity contribution in [2.45, 2.75) is 13.5 Å². The highest BCUT2D eigenvalue weighted by Crippen LogP contribution is 2.06. The van der Waals surface area contributed by atoms with Crippen LogP contribution in [-0.4, -0.2) is 14.5 Å². The standard InChI is InChI=1S/C11H12IN5O/c1-7-14-5-9(12)11(18)17(7)6-8-3-2-4-10(15-8)16-13/h2-5H,6,13H2,1H3,(H,15,16). The third kappa shape index (κ3) is 2.67. The van der Waals surface area contributed by atoms with Crippen molar-refractivity contribution in [3.05, 3.63) is 49.8 Å². The molecule has 0 saturated heterocycles. The maximum absolute atomic E-state index is 12.0. The predicted molar refractivity (Wildman–Crippen MR) is 77.1 cm³/mol. The number of nitrogens with one attached hydrogen (secondary N) is 1. The Bertz CT molecular complexity index is 625. The molecule has 18 heavy (non-hydrogen) atoms. The van der Waals surface area contributed by atoms with Gasteiger partial charge in [-0.05, 0) is 41.6 Å². The summed E-state index contributed by atoms with van der Waals surface area (Å²) < 4.78 is 2.18. The minimum absolute atomic E-state index is 0.0592.